The molecule has 0 saturated heterocycles. The summed E-state index contributed by atoms with van der Waals surface area (Å²) in [5.74, 6) is -1.33. The summed E-state index contributed by atoms with van der Waals surface area (Å²) < 4.78 is 27.0. The zero-order valence-corrected chi connectivity index (χ0v) is 12.4. The second kappa shape index (κ2) is 6.65. The van der Waals surface area contributed by atoms with Crippen molar-refractivity contribution in [3.63, 3.8) is 0 Å². The fraction of sp³-hybridized carbons (Fsp3) is 0.0714. The summed E-state index contributed by atoms with van der Waals surface area (Å²) in [5, 5.41) is 5.16. The van der Waals surface area contributed by atoms with Gasteiger partial charge in [-0.25, -0.2) is 13.6 Å². The lowest BCUT2D eigenvalue weighted by molar-refractivity contribution is 0.251. The van der Waals surface area contributed by atoms with Crippen molar-refractivity contribution in [2.24, 2.45) is 0 Å². The molecule has 0 radical (unpaired) electrons. The molecule has 0 saturated carbocycles. The zero-order valence-electron chi connectivity index (χ0n) is 10.3. The van der Waals surface area contributed by atoms with Crippen molar-refractivity contribution < 1.29 is 13.6 Å². The highest BCUT2D eigenvalue weighted by atomic mass is 127. The summed E-state index contributed by atoms with van der Waals surface area (Å²) in [6.07, 6.45) is 0. The minimum Gasteiger partial charge on any atom is -0.334 e. The van der Waals surface area contributed by atoms with Crippen LogP contribution in [0.2, 0.25) is 0 Å². The quantitative estimate of drug-likeness (QED) is 0.770. The summed E-state index contributed by atoms with van der Waals surface area (Å²) in [6, 6.07) is 9.95. The molecule has 2 N–H and O–H groups in total. The van der Waals surface area contributed by atoms with Crippen LogP contribution >= 0.6 is 22.6 Å². The average Bonchev–Trinajstić information content (AvgIpc) is 2.38. The van der Waals surface area contributed by atoms with Crippen LogP contribution in [0.3, 0.4) is 0 Å². The van der Waals surface area contributed by atoms with Crippen LogP contribution in [0.25, 0.3) is 0 Å². The standard InChI is InChI=1S/C14H11F2IN2O/c15-10-5-9(6-11(16)7-10)8-18-14(20)19-13-3-1-12(17)2-4-13/h1-7H,8H2,(H2,18,19,20). The van der Waals surface area contributed by atoms with Crippen molar-refractivity contribution in [2.45, 2.75) is 6.54 Å². The van der Waals surface area contributed by atoms with Crippen LogP contribution in [0.5, 0.6) is 0 Å². The Bertz CT molecular complexity index is 597. The Morgan fingerprint density at radius 2 is 1.65 bits per heavy atom. The molecule has 0 unspecified atom stereocenters. The van der Waals surface area contributed by atoms with E-state index in [0.29, 0.717) is 11.3 Å². The van der Waals surface area contributed by atoms with Crippen LogP contribution < -0.4 is 10.6 Å². The number of carbonyl (C=O) groups is 1. The van der Waals surface area contributed by atoms with Crippen LogP contribution in [0, 0.1) is 15.2 Å². The Morgan fingerprint density at radius 3 is 2.25 bits per heavy atom. The molecule has 6 heteroatoms. The molecular formula is C14H11F2IN2O. The van der Waals surface area contributed by atoms with E-state index in [2.05, 4.69) is 33.2 Å². The van der Waals surface area contributed by atoms with E-state index >= 15 is 0 Å². The van der Waals surface area contributed by atoms with Gasteiger partial charge in [0, 0.05) is 21.9 Å². The van der Waals surface area contributed by atoms with Crippen LogP contribution in [0.1, 0.15) is 5.56 Å². The van der Waals surface area contributed by atoms with E-state index in [4.69, 9.17) is 0 Å². The molecule has 20 heavy (non-hydrogen) atoms. The summed E-state index contributed by atoms with van der Waals surface area (Å²) in [5.41, 5.74) is 1.01. The van der Waals surface area contributed by atoms with Gasteiger partial charge in [0.2, 0.25) is 0 Å². The first-order valence-corrected chi connectivity index (χ1v) is 6.86. The summed E-state index contributed by atoms with van der Waals surface area (Å²) in [7, 11) is 0. The fourth-order valence-electron chi connectivity index (χ4n) is 1.60. The first-order chi connectivity index (χ1) is 9.52. The number of benzene rings is 2. The molecule has 2 rings (SSSR count). The van der Waals surface area contributed by atoms with Crippen LogP contribution in [0.4, 0.5) is 19.3 Å². The lowest BCUT2D eigenvalue weighted by Crippen LogP contribution is -2.28. The minimum atomic E-state index is -0.667. The number of hydrogen-bond acceptors (Lipinski definition) is 1. The van der Waals surface area contributed by atoms with Gasteiger partial charge in [0.05, 0.1) is 0 Å². The smallest absolute Gasteiger partial charge is 0.319 e. The Balaban J connectivity index is 1.90. The summed E-state index contributed by atoms with van der Waals surface area (Å²) >= 11 is 2.16. The molecule has 0 heterocycles. The van der Waals surface area contributed by atoms with Gasteiger partial charge in [-0.15, -0.1) is 0 Å². The molecule has 2 amide bonds. The lowest BCUT2D eigenvalue weighted by Gasteiger charge is -2.08. The Hall–Kier alpha value is -1.70. The van der Waals surface area contributed by atoms with Gasteiger partial charge < -0.3 is 10.6 Å². The maximum Gasteiger partial charge on any atom is 0.319 e. The number of urea groups is 1. The molecule has 3 nitrogen and oxygen atoms in total. The molecular weight excluding hydrogens is 377 g/mol. The molecule has 0 aromatic heterocycles. The highest BCUT2D eigenvalue weighted by molar-refractivity contribution is 14.1. The Kier molecular flexibility index (Phi) is 4.89. The normalized spacial score (nSPS) is 10.2. The van der Waals surface area contributed by atoms with Crippen molar-refractivity contribution in [1.82, 2.24) is 5.32 Å². The van der Waals surface area contributed by atoms with Gasteiger partial charge in [-0.3, -0.25) is 0 Å². The monoisotopic (exact) mass is 388 g/mol. The molecule has 0 aliphatic carbocycles. The predicted octanol–water partition coefficient (Wildman–Crippen LogP) is 3.89. The summed E-state index contributed by atoms with van der Waals surface area (Å²) in [6.45, 7) is 0.0465. The average molecular weight is 388 g/mol. The van der Waals surface area contributed by atoms with Crippen molar-refractivity contribution in [3.8, 4) is 0 Å². The number of halogens is 3. The Labute approximate surface area is 128 Å². The van der Waals surface area contributed by atoms with E-state index in [1.807, 2.05) is 12.1 Å². The van der Waals surface area contributed by atoms with E-state index in [0.717, 1.165) is 9.64 Å². The molecule has 2 aromatic rings. The third kappa shape index (κ3) is 4.44. The van der Waals surface area contributed by atoms with Gasteiger partial charge in [0.1, 0.15) is 11.6 Å². The lowest BCUT2D eigenvalue weighted by atomic mass is 10.2. The highest BCUT2D eigenvalue weighted by Crippen LogP contribution is 2.11. The number of anilines is 1. The van der Waals surface area contributed by atoms with Gasteiger partial charge in [-0.05, 0) is 64.6 Å². The van der Waals surface area contributed by atoms with Gasteiger partial charge in [0.15, 0.2) is 0 Å². The first-order valence-electron chi connectivity index (χ1n) is 5.78. The first kappa shape index (κ1) is 14.7. The van der Waals surface area contributed by atoms with Crippen molar-refractivity contribution in [1.29, 1.82) is 0 Å². The number of amides is 2. The maximum atomic E-state index is 13.0. The van der Waals surface area contributed by atoms with Gasteiger partial charge in [-0.1, -0.05) is 0 Å². The second-order valence-electron chi connectivity index (χ2n) is 4.09. The van der Waals surface area contributed by atoms with Crippen LogP contribution in [-0.4, -0.2) is 6.03 Å². The van der Waals surface area contributed by atoms with Crippen molar-refractivity contribution in [2.75, 3.05) is 5.32 Å². The largest absolute Gasteiger partial charge is 0.334 e. The Morgan fingerprint density at radius 1 is 1.05 bits per heavy atom. The van der Waals surface area contributed by atoms with E-state index < -0.39 is 17.7 Å². The number of nitrogens with one attached hydrogen (secondary N) is 2. The molecule has 0 fully saturated rings. The number of carbonyl (C=O) groups excluding carboxylic acids is 1. The van der Waals surface area contributed by atoms with Crippen molar-refractivity contribution >= 4 is 34.3 Å². The molecule has 0 atom stereocenters. The van der Waals surface area contributed by atoms with Crippen LogP contribution in [0.15, 0.2) is 42.5 Å². The van der Waals surface area contributed by atoms with E-state index in [9.17, 15) is 13.6 Å². The van der Waals surface area contributed by atoms with Crippen molar-refractivity contribution in [3.05, 3.63) is 63.2 Å². The maximum absolute atomic E-state index is 13.0. The zero-order chi connectivity index (χ0) is 14.5. The fourth-order valence-corrected chi connectivity index (χ4v) is 1.96. The van der Waals surface area contributed by atoms with E-state index in [1.165, 1.54) is 12.1 Å². The van der Waals surface area contributed by atoms with Gasteiger partial charge in [-0.2, -0.15) is 0 Å². The second-order valence-corrected chi connectivity index (χ2v) is 5.34. The molecule has 0 spiro atoms. The van der Waals surface area contributed by atoms with Crippen LogP contribution in [-0.2, 0) is 6.54 Å². The third-order valence-electron chi connectivity index (χ3n) is 2.48. The minimum absolute atomic E-state index is 0.0465. The van der Waals surface area contributed by atoms with Gasteiger partial charge >= 0.3 is 6.03 Å². The van der Waals surface area contributed by atoms with Gasteiger partial charge in [0.25, 0.3) is 0 Å². The number of hydrogen-bond donors (Lipinski definition) is 2. The summed E-state index contributed by atoms with van der Waals surface area (Å²) in [4.78, 5) is 11.6. The number of rotatable bonds is 3. The molecule has 104 valence electrons. The molecule has 0 aliphatic heterocycles. The highest BCUT2D eigenvalue weighted by Gasteiger charge is 2.04. The molecule has 2 aromatic carbocycles. The third-order valence-corrected chi connectivity index (χ3v) is 3.20. The topological polar surface area (TPSA) is 41.1 Å². The van der Waals surface area contributed by atoms with E-state index in [-0.39, 0.29) is 6.54 Å². The predicted molar refractivity (Wildman–Crippen MR) is 81.4 cm³/mol. The SMILES string of the molecule is O=C(NCc1cc(F)cc(F)c1)Nc1ccc(I)cc1. The van der Waals surface area contributed by atoms with E-state index in [1.54, 1.807) is 12.1 Å². The molecule has 0 bridgehead atoms. The molecule has 0 aliphatic rings.